The van der Waals surface area contributed by atoms with Crippen LogP contribution in [0.25, 0.3) is 0 Å². The molecule has 0 heterocycles. The Hall–Kier alpha value is -2.51. The largest absolute Gasteiger partial charge is 0.493 e. The van der Waals surface area contributed by atoms with Gasteiger partial charge in [-0.15, -0.1) is 0 Å². The minimum Gasteiger partial charge on any atom is -0.493 e. The lowest BCUT2D eigenvalue weighted by molar-refractivity contribution is 0.236. The molecule has 0 bridgehead atoms. The van der Waals surface area contributed by atoms with Crippen LogP contribution < -0.4 is 9.47 Å². The Morgan fingerprint density at radius 2 is 1.81 bits per heavy atom. The van der Waals surface area contributed by atoms with Crippen LogP contribution in [-0.2, 0) is 6.61 Å². The molecular weight excluding hydrogens is 266 g/mol. The van der Waals surface area contributed by atoms with Crippen LogP contribution in [0.4, 0.5) is 0 Å². The maximum Gasteiger partial charge on any atom is 0.124 e. The molecule has 0 atom stereocenters. The fourth-order valence-electron chi connectivity index (χ4n) is 1.86. The van der Waals surface area contributed by atoms with E-state index in [0.29, 0.717) is 30.3 Å². The van der Waals surface area contributed by atoms with Crippen molar-refractivity contribution in [2.24, 2.45) is 0 Å². The minimum absolute atomic E-state index is 0.0341. The summed E-state index contributed by atoms with van der Waals surface area (Å²) in [6.45, 7) is 0.985. The summed E-state index contributed by atoms with van der Waals surface area (Å²) in [4.78, 5) is 0. The molecule has 0 unspecified atom stereocenters. The summed E-state index contributed by atoms with van der Waals surface area (Å²) < 4.78 is 11.2. The van der Waals surface area contributed by atoms with Gasteiger partial charge in [0.2, 0.25) is 0 Å². The Labute approximate surface area is 124 Å². The van der Waals surface area contributed by atoms with E-state index in [1.54, 1.807) is 18.2 Å². The van der Waals surface area contributed by atoms with Crippen LogP contribution in [0.3, 0.4) is 0 Å². The van der Waals surface area contributed by atoms with Crippen molar-refractivity contribution in [3.05, 3.63) is 59.7 Å². The van der Waals surface area contributed by atoms with Crippen molar-refractivity contribution >= 4 is 0 Å². The van der Waals surface area contributed by atoms with Crippen molar-refractivity contribution in [3.63, 3.8) is 0 Å². The number of aliphatic hydroxyl groups is 1. The molecule has 0 saturated carbocycles. The first kappa shape index (κ1) is 14.9. The quantitative estimate of drug-likeness (QED) is 0.794. The molecule has 2 aromatic rings. The summed E-state index contributed by atoms with van der Waals surface area (Å²) in [5.41, 5.74) is 1.36. The lowest BCUT2D eigenvalue weighted by Gasteiger charge is -2.10. The third-order valence-electron chi connectivity index (χ3n) is 2.92. The monoisotopic (exact) mass is 283 g/mol. The van der Waals surface area contributed by atoms with E-state index in [-0.39, 0.29) is 6.61 Å². The maximum absolute atomic E-state index is 9.19. The second-order valence-electron chi connectivity index (χ2n) is 4.46. The van der Waals surface area contributed by atoms with Crippen LogP contribution >= 0.6 is 0 Å². The highest BCUT2D eigenvalue weighted by molar-refractivity contribution is 5.36. The number of nitrogens with zero attached hydrogens (tertiary/aromatic N) is 1. The van der Waals surface area contributed by atoms with Crippen molar-refractivity contribution in [3.8, 4) is 17.6 Å². The second kappa shape index (κ2) is 7.93. The summed E-state index contributed by atoms with van der Waals surface area (Å²) >= 11 is 0. The zero-order valence-electron chi connectivity index (χ0n) is 11.7. The van der Waals surface area contributed by atoms with Crippen LogP contribution in [-0.4, -0.2) is 18.3 Å². The third-order valence-corrected chi connectivity index (χ3v) is 2.92. The van der Waals surface area contributed by atoms with E-state index in [1.165, 1.54) is 0 Å². The number of hydrogen-bond donors (Lipinski definition) is 1. The number of benzene rings is 2. The maximum atomic E-state index is 9.19. The average molecular weight is 283 g/mol. The molecule has 0 radical (unpaired) electrons. The number of aliphatic hydroxyl groups excluding tert-OH is 1. The Morgan fingerprint density at radius 1 is 1.00 bits per heavy atom. The summed E-state index contributed by atoms with van der Waals surface area (Å²) in [5.74, 6) is 1.39. The lowest BCUT2D eigenvalue weighted by atomic mass is 10.2. The molecule has 1 N–H and O–H groups in total. The van der Waals surface area contributed by atoms with Crippen LogP contribution in [0.15, 0.2) is 48.5 Å². The van der Waals surface area contributed by atoms with Gasteiger partial charge in [0.15, 0.2) is 0 Å². The molecule has 0 saturated heterocycles. The van der Waals surface area contributed by atoms with Gasteiger partial charge in [-0.1, -0.05) is 24.3 Å². The van der Waals surface area contributed by atoms with Gasteiger partial charge in [0, 0.05) is 12.0 Å². The summed E-state index contributed by atoms with van der Waals surface area (Å²) in [6, 6.07) is 16.5. The van der Waals surface area contributed by atoms with E-state index < -0.39 is 0 Å². The van der Waals surface area contributed by atoms with Gasteiger partial charge in [-0.3, -0.25) is 0 Å². The molecule has 0 spiro atoms. The zero-order valence-corrected chi connectivity index (χ0v) is 11.7. The van der Waals surface area contributed by atoms with Crippen LogP contribution in [0.2, 0.25) is 0 Å². The summed E-state index contributed by atoms with van der Waals surface area (Å²) in [7, 11) is 0. The Balaban J connectivity index is 1.74. The number of rotatable bonds is 7. The molecule has 0 fully saturated rings. The van der Waals surface area contributed by atoms with E-state index >= 15 is 0 Å². The molecule has 2 aromatic carbocycles. The van der Waals surface area contributed by atoms with Crippen molar-refractivity contribution in [1.82, 2.24) is 0 Å². The highest BCUT2D eigenvalue weighted by Crippen LogP contribution is 2.18. The van der Waals surface area contributed by atoms with Gasteiger partial charge in [-0.2, -0.15) is 5.26 Å². The highest BCUT2D eigenvalue weighted by atomic mass is 16.5. The predicted molar refractivity (Wildman–Crippen MR) is 79.1 cm³/mol. The van der Waals surface area contributed by atoms with Gasteiger partial charge < -0.3 is 14.6 Å². The van der Waals surface area contributed by atoms with Crippen LogP contribution in [0.5, 0.6) is 11.5 Å². The van der Waals surface area contributed by atoms with Gasteiger partial charge in [0.25, 0.3) is 0 Å². The normalized spacial score (nSPS) is 9.90. The smallest absolute Gasteiger partial charge is 0.124 e. The topological polar surface area (TPSA) is 62.5 Å². The number of ether oxygens (including phenoxy) is 2. The molecule has 0 aromatic heterocycles. The number of para-hydroxylation sites is 1. The van der Waals surface area contributed by atoms with Crippen molar-refractivity contribution in [2.75, 3.05) is 13.2 Å². The Bertz CT molecular complexity index is 619. The standard InChI is InChI=1S/C17H17NO3/c18-12-14-5-3-7-16(11-14)20-9-4-10-21-17-8-2-1-6-15(17)13-19/h1-3,5-8,11,19H,4,9-10,13H2. The van der Waals surface area contributed by atoms with Crippen molar-refractivity contribution in [1.29, 1.82) is 5.26 Å². The first-order chi connectivity index (χ1) is 10.3. The summed E-state index contributed by atoms with van der Waals surface area (Å²) in [5, 5.41) is 18.0. The Kier molecular flexibility index (Phi) is 5.62. The molecule has 4 nitrogen and oxygen atoms in total. The molecule has 21 heavy (non-hydrogen) atoms. The van der Waals surface area contributed by atoms with E-state index in [1.807, 2.05) is 30.3 Å². The molecule has 0 aliphatic carbocycles. The van der Waals surface area contributed by atoms with Crippen LogP contribution in [0, 0.1) is 11.3 Å². The zero-order chi connectivity index (χ0) is 14.9. The van der Waals surface area contributed by atoms with Gasteiger partial charge in [-0.25, -0.2) is 0 Å². The van der Waals surface area contributed by atoms with Gasteiger partial charge >= 0.3 is 0 Å². The third kappa shape index (κ3) is 4.51. The minimum atomic E-state index is -0.0341. The molecule has 0 amide bonds. The van der Waals surface area contributed by atoms with Gasteiger partial charge in [0.05, 0.1) is 31.5 Å². The van der Waals surface area contributed by atoms with E-state index in [4.69, 9.17) is 14.7 Å². The molecule has 2 rings (SSSR count). The number of nitriles is 1. The molecular formula is C17H17NO3. The van der Waals surface area contributed by atoms with Crippen molar-refractivity contribution < 1.29 is 14.6 Å². The van der Waals surface area contributed by atoms with E-state index in [9.17, 15) is 5.11 Å². The molecule has 108 valence electrons. The van der Waals surface area contributed by atoms with E-state index in [2.05, 4.69) is 6.07 Å². The lowest BCUT2D eigenvalue weighted by Crippen LogP contribution is -2.06. The highest BCUT2D eigenvalue weighted by Gasteiger charge is 2.01. The number of hydrogen-bond acceptors (Lipinski definition) is 4. The SMILES string of the molecule is N#Cc1cccc(OCCCOc2ccccc2CO)c1. The van der Waals surface area contributed by atoms with Gasteiger partial charge in [0.1, 0.15) is 11.5 Å². The second-order valence-corrected chi connectivity index (χ2v) is 4.46. The first-order valence-corrected chi connectivity index (χ1v) is 6.78. The Morgan fingerprint density at radius 3 is 2.62 bits per heavy atom. The van der Waals surface area contributed by atoms with Gasteiger partial charge in [-0.05, 0) is 24.3 Å². The first-order valence-electron chi connectivity index (χ1n) is 6.78. The van der Waals surface area contributed by atoms with Crippen molar-refractivity contribution in [2.45, 2.75) is 13.0 Å². The molecule has 0 aliphatic heterocycles. The predicted octanol–water partition coefficient (Wildman–Crippen LogP) is 2.90. The average Bonchev–Trinajstić information content (AvgIpc) is 2.55. The molecule has 4 heteroatoms. The van der Waals surface area contributed by atoms with E-state index in [0.717, 1.165) is 12.0 Å². The fourth-order valence-corrected chi connectivity index (χ4v) is 1.86. The van der Waals surface area contributed by atoms with Crippen LogP contribution in [0.1, 0.15) is 17.5 Å². The fraction of sp³-hybridized carbons (Fsp3) is 0.235. The summed E-state index contributed by atoms with van der Waals surface area (Å²) in [6.07, 6.45) is 0.719. The molecule has 0 aliphatic rings.